The molecule has 1 aliphatic heterocycles. The Labute approximate surface area is 79.7 Å². The molecule has 0 bridgehead atoms. The number of carbonyl (C=O) groups excluding carboxylic acids is 1. The standard InChI is InChI=1S/C9H19N3O/c1-8(7-10-2)12-5-3-9(13)11-4-6-12/h8,10H,3-7H2,1-2H3,(H,11,13). The molecule has 0 aromatic carbocycles. The van der Waals surface area contributed by atoms with E-state index in [4.69, 9.17) is 0 Å². The molecule has 0 radical (unpaired) electrons. The van der Waals surface area contributed by atoms with Crippen LogP contribution in [0.15, 0.2) is 0 Å². The van der Waals surface area contributed by atoms with Crippen molar-refractivity contribution in [2.24, 2.45) is 0 Å². The monoisotopic (exact) mass is 185 g/mol. The molecule has 1 aliphatic rings. The predicted octanol–water partition coefficient (Wildman–Crippen LogP) is -0.584. The Morgan fingerprint density at radius 2 is 2.38 bits per heavy atom. The van der Waals surface area contributed by atoms with Gasteiger partial charge in [-0.3, -0.25) is 9.69 Å². The highest BCUT2D eigenvalue weighted by Crippen LogP contribution is 2.01. The third-order valence-corrected chi connectivity index (χ3v) is 2.47. The highest BCUT2D eigenvalue weighted by Gasteiger charge is 2.17. The first kappa shape index (κ1) is 10.5. The van der Waals surface area contributed by atoms with Crippen molar-refractivity contribution in [3.8, 4) is 0 Å². The van der Waals surface area contributed by atoms with E-state index in [-0.39, 0.29) is 5.91 Å². The maximum Gasteiger partial charge on any atom is 0.221 e. The van der Waals surface area contributed by atoms with Gasteiger partial charge in [-0.15, -0.1) is 0 Å². The van der Waals surface area contributed by atoms with E-state index in [1.165, 1.54) is 0 Å². The van der Waals surface area contributed by atoms with Crippen LogP contribution in [0.5, 0.6) is 0 Å². The maximum absolute atomic E-state index is 11.1. The van der Waals surface area contributed by atoms with Crippen LogP contribution < -0.4 is 10.6 Å². The van der Waals surface area contributed by atoms with Crippen molar-refractivity contribution >= 4 is 5.91 Å². The second-order valence-electron chi connectivity index (χ2n) is 3.54. The molecule has 1 amide bonds. The first-order valence-electron chi connectivity index (χ1n) is 4.89. The van der Waals surface area contributed by atoms with Gasteiger partial charge < -0.3 is 10.6 Å². The van der Waals surface area contributed by atoms with Crippen molar-refractivity contribution in [2.45, 2.75) is 19.4 Å². The summed E-state index contributed by atoms with van der Waals surface area (Å²) in [6, 6.07) is 0.512. The van der Waals surface area contributed by atoms with Crippen LogP contribution in [0.3, 0.4) is 0 Å². The van der Waals surface area contributed by atoms with Crippen LogP contribution in [0.1, 0.15) is 13.3 Å². The fourth-order valence-corrected chi connectivity index (χ4v) is 1.65. The summed E-state index contributed by atoms with van der Waals surface area (Å²) in [5.41, 5.74) is 0. The van der Waals surface area contributed by atoms with Gasteiger partial charge in [0.05, 0.1) is 0 Å². The summed E-state index contributed by atoms with van der Waals surface area (Å²) < 4.78 is 0. The lowest BCUT2D eigenvalue weighted by Gasteiger charge is -2.26. The highest BCUT2D eigenvalue weighted by atomic mass is 16.1. The minimum atomic E-state index is 0.180. The normalized spacial score (nSPS) is 22.2. The van der Waals surface area contributed by atoms with Crippen molar-refractivity contribution in [3.05, 3.63) is 0 Å². The molecule has 1 rings (SSSR count). The van der Waals surface area contributed by atoms with Gasteiger partial charge in [-0.25, -0.2) is 0 Å². The summed E-state index contributed by atoms with van der Waals surface area (Å²) in [4.78, 5) is 13.4. The van der Waals surface area contributed by atoms with Gasteiger partial charge in [-0.2, -0.15) is 0 Å². The minimum absolute atomic E-state index is 0.180. The molecule has 2 N–H and O–H groups in total. The number of carbonyl (C=O) groups is 1. The molecular weight excluding hydrogens is 166 g/mol. The summed E-state index contributed by atoms with van der Waals surface area (Å²) in [6.07, 6.45) is 0.633. The van der Waals surface area contributed by atoms with Gasteiger partial charge in [0, 0.05) is 38.6 Å². The first-order chi connectivity index (χ1) is 6.24. The summed E-state index contributed by atoms with van der Waals surface area (Å²) in [7, 11) is 1.96. The van der Waals surface area contributed by atoms with Crippen molar-refractivity contribution in [2.75, 3.05) is 33.2 Å². The molecule has 0 aliphatic carbocycles. The van der Waals surface area contributed by atoms with Crippen molar-refractivity contribution in [1.29, 1.82) is 0 Å². The molecule has 1 heterocycles. The molecule has 1 unspecified atom stereocenters. The zero-order valence-electron chi connectivity index (χ0n) is 8.47. The van der Waals surface area contributed by atoms with E-state index >= 15 is 0 Å². The van der Waals surface area contributed by atoms with Gasteiger partial charge in [-0.1, -0.05) is 0 Å². The number of rotatable bonds is 3. The Hall–Kier alpha value is -0.610. The van der Waals surface area contributed by atoms with Crippen LogP contribution >= 0.6 is 0 Å². The third kappa shape index (κ3) is 3.32. The molecule has 4 heteroatoms. The number of hydrogen-bond acceptors (Lipinski definition) is 3. The largest absolute Gasteiger partial charge is 0.355 e. The van der Waals surface area contributed by atoms with Crippen molar-refractivity contribution in [3.63, 3.8) is 0 Å². The van der Waals surface area contributed by atoms with Gasteiger partial charge in [0.1, 0.15) is 0 Å². The second kappa shape index (κ2) is 5.19. The fourth-order valence-electron chi connectivity index (χ4n) is 1.65. The molecule has 0 spiro atoms. The number of hydrogen-bond donors (Lipinski definition) is 2. The van der Waals surface area contributed by atoms with Crippen LogP contribution in [-0.4, -0.2) is 50.1 Å². The number of amides is 1. The topological polar surface area (TPSA) is 44.4 Å². The van der Waals surface area contributed by atoms with Gasteiger partial charge in [0.25, 0.3) is 0 Å². The molecule has 4 nitrogen and oxygen atoms in total. The number of nitrogens with zero attached hydrogens (tertiary/aromatic N) is 1. The Morgan fingerprint density at radius 1 is 1.62 bits per heavy atom. The zero-order valence-corrected chi connectivity index (χ0v) is 8.47. The second-order valence-corrected chi connectivity index (χ2v) is 3.54. The van der Waals surface area contributed by atoms with Gasteiger partial charge >= 0.3 is 0 Å². The number of nitrogens with one attached hydrogen (secondary N) is 2. The summed E-state index contributed by atoms with van der Waals surface area (Å²) in [5.74, 6) is 0.180. The van der Waals surface area contributed by atoms with Crippen molar-refractivity contribution < 1.29 is 4.79 Å². The first-order valence-corrected chi connectivity index (χ1v) is 4.89. The van der Waals surface area contributed by atoms with Crippen LogP contribution in [0.4, 0.5) is 0 Å². The van der Waals surface area contributed by atoms with E-state index in [9.17, 15) is 4.79 Å². The Morgan fingerprint density at radius 3 is 3.08 bits per heavy atom. The van der Waals surface area contributed by atoms with E-state index < -0.39 is 0 Å². The lowest BCUT2D eigenvalue weighted by atomic mass is 10.2. The molecule has 1 fully saturated rings. The van der Waals surface area contributed by atoms with Crippen LogP contribution in [0, 0.1) is 0 Å². The fraction of sp³-hybridized carbons (Fsp3) is 0.889. The Bertz CT molecular complexity index is 172. The number of likely N-dealkylation sites (N-methyl/N-ethyl adjacent to an activating group) is 1. The van der Waals surface area contributed by atoms with E-state index in [0.29, 0.717) is 12.5 Å². The van der Waals surface area contributed by atoms with E-state index in [1.807, 2.05) is 7.05 Å². The molecule has 0 aromatic heterocycles. The Balaban J connectivity index is 2.36. The molecule has 0 aromatic rings. The molecular formula is C9H19N3O. The summed E-state index contributed by atoms with van der Waals surface area (Å²) in [6.45, 7) is 5.80. The predicted molar refractivity (Wildman–Crippen MR) is 52.6 cm³/mol. The highest BCUT2D eigenvalue weighted by molar-refractivity contribution is 5.76. The molecule has 1 atom stereocenters. The maximum atomic E-state index is 11.1. The zero-order chi connectivity index (χ0) is 9.68. The van der Waals surface area contributed by atoms with E-state index in [2.05, 4.69) is 22.5 Å². The average molecular weight is 185 g/mol. The third-order valence-electron chi connectivity index (χ3n) is 2.47. The van der Waals surface area contributed by atoms with Crippen LogP contribution in [0.25, 0.3) is 0 Å². The van der Waals surface area contributed by atoms with Crippen LogP contribution in [-0.2, 0) is 4.79 Å². The van der Waals surface area contributed by atoms with Gasteiger partial charge in [-0.05, 0) is 14.0 Å². The Kier molecular flexibility index (Phi) is 4.18. The summed E-state index contributed by atoms with van der Waals surface area (Å²) in [5, 5.41) is 6.02. The van der Waals surface area contributed by atoms with Crippen LogP contribution in [0.2, 0.25) is 0 Å². The summed E-state index contributed by atoms with van der Waals surface area (Å²) >= 11 is 0. The SMILES string of the molecule is CNCC(C)N1CCNC(=O)CC1. The van der Waals surface area contributed by atoms with Gasteiger partial charge in [0.15, 0.2) is 0 Å². The van der Waals surface area contributed by atoms with Gasteiger partial charge in [0.2, 0.25) is 5.91 Å². The van der Waals surface area contributed by atoms with Crippen molar-refractivity contribution in [1.82, 2.24) is 15.5 Å². The van der Waals surface area contributed by atoms with E-state index in [1.54, 1.807) is 0 Å². The lowest BCUT2D eigenvalue weighted by molar-refractivity contribution is -0.120. The van der Waals surface area contributed by atoms with E-state index in [0.717, 1.165) is 26.2 Å². The molecule has 0 saturated carbocycles. The average Bonchev–Trinajstić information content (AvgIpc) is 2.30. The smallest absolute Gasteiger partial charge is 0.221 e. The molecule has 13 heavy (non-hydrogen) atoms. The minimum Gasteiger partial charge on any atom is -0.355 e. The lowest BCUT2D eigenvalue weighted by Crippen LogP contribution is -2.41. The molecule has 76 valence electrons. The quantitative estimate of drug-likeness (QED) is 0.618. The molecule has 1 saturated heterocycles.